The van der Waals surface area contributed by atoms with E-state index in [0.717, 1.165) is 24.1 Å². The monoisotopic (exact) mass is 305 g/mol. The van der Waals surface area contributed by atoms with Gasteiger partial charge in [0.15, 0.2) is 0 Å². The zero-order valence-corrected chi connectivity index (χ0v) is 14.2. The number of benzene rings is 1. The second-order valence-electron chi connectivity index (χ2n) is 5.84. The van der Waals surface area contributed by atoms with Crippen LogP contribution in [0.5, 0.6) is 0 Å². The van der Waals surface area contributed by atoms with E-state index < -0.39 is 0 Å². The van der Waals surface area contributed by atoms with Crippen LogP contribution in [-0.2, 0) is 11.2 Å². The van der Waals surface area contributed by atoms with Gasteiger partial charge in [-0.1, -0.05) is 25.5 Å². The predicted molar refractivity (Wildman–Crippen MR) is 90.0 cm³/mol. The Morgan fingerprint density at radius 2 is 1.73 bits per heavy atom. The number of nitrogens with one attached hydrogen (secondary N) is 1. The molecule has 0 aliphatic carbocycles. The van der Waals surface area contributed by atoms with Gasteiger partial charge >= 0.3 is 6.03 Å². The molecule has 1 atom stereocenters. The van der Waals surface area contributed by atoms with Crippen LogP contribution in [0.2, 0.25) is 0 Å². The van der Waals surface area contributed by atoms with Crippen molar-refractivity contribution >= 4 is 17.6 Å². The first-order valence-electron chi connectivity index (χ1n) is 7.68. The molecule has 1 aromatic rings. The average molecular weight is 305 g/mol. The second kappa shape index (κ2) is 8.41. The van der Waals surface area contributed by atoms with E-state index in [9.17, 15) is 9.59 Å². The lowest BCUT2D eigenvalue weighted by atomic mass is 10.1. The minimum absolute atomic E-state index is 0.0601. The molecule has 0 heterocycles. The van der Waals surface area contributed by atoms with Crippen LogP contribution in [0.15, 0.2) is 24.3 Å². The molecule has 3 amide bonds. The van der Waals surface area contributed by atoms with Crippen LogP contribution in [0.4, 0.5) is 10.5 Å². The standard InChI is InChI=1S/C17H27N3O2/c1-6-7-13(2)20(5)17(22)18-15-10-8-14(9-11-15)12-16(21)19(3)4/h8-11,13H,6-7,12H2,1-5H3,(H,18,22)/t13-/m0/s1. The molecule has 0 bridgehead atoms. The normalized spacial score (nSPS) is 11.7. The van der Waals surface area contributed by atoms with Crippen molar-refractivity contribution in [2.24, 2.45) is 0 Å². The Kier molecular flexibility index (Phi) is 6.89. The number of nitrogens with zero attached hydrogens (tertiary/aromatic N) is 2. The lowest BCUT2D eigenvalue weighted by Gasteiger charge is -2.24. The summed E-state index contributed by atoms with van der Waals surface area (Å²) in [5.74, 6) is 0.0601. The summed E-state index contributed by atoms with van der Waals surface area (Å²) in [5, 5.41) is 2.88. The molecule has 22 heavy (non-hydrogen) atoms. The maximum Gasteiger partial charge on any atom is 0.321 e. The highest BCUT2D eigenvalue weighted by Crippen LogP contribution is 2.13. The summed E-state index contributed by atoms with van der Waals surface area (Å²) in [7, 11) is 5.29. The van der Waals surface area contributed by atoms with Crippen molar-refractivity contribution in [2.75, 3.05) is 26.5 Å². The van der Waals surface area contributed by atoms with Crippen molar-refractivity contribution < 1.29 is 9.59 Å². The number of anilines is 1. The zero-order chi connectivity index (χ0) is 16.7. The van der Waals surface area contributed by atoms with Crippen LogP contribution in [0, 0.1) is 0 Å². The predicted octanol–water partition coefficient (Wildman–Crippen LogP) is 2.97. The molecule has 0 aliphatic rings. The fourth-order valence-corrected chi connectivity index (χ4v) is 2.06. The molecule has 0 spiro atoms. The van der Waals surface area contributed by atoms with Crippen molar-refractivity contribution in [2.45, 2.75) is 39.2 Å². The van der Waals surface area contributed by atoms with E-state index in [1.165, 1.54) is 0 Å². The third-order valence-electron chi connectivity index (χ3n) is 3.75. The van der Waals surface area contributed by atoms with Gasteiger partial charge in [-0.2, -0.15) is 0 Å². The molecule has 0 saturated heterocycles. The largest absolute Gasteiger partial charge is 0.349 e. The summed E-state index contributed by atoms with van der Waals surface area (Å²) in [6.07, 6.45) is 2.40. The maximum atomic E-state index is 12.1. The first-order chi connectivity index (χ1) is 10.3. The molecule has 0 radical (unpaired) electrons. The summed E-state index contributed by atoms with van der Waals surface area (Å²) >= 11 is 0. The average Bonchev–Trinajstić information content (AvgIpc) is 2.48. The van der Waals surface area contributed by atoms with Crippen molar-refractivity contribution in [3.8, 4) is 0 Å². The van der Waals surface area contributed by atoms with E-state index in [2.05, 4.69) is 12.2 Å². The van der Waals surface area contributed by atoms with E-state index in [1.54, 1.807) is 30.9 Å². The first-order valence-corrected chi connectivity index (χ1v) is 7.68. The Bertz CT molecular complexity index is 497. The molecule has 0 aliphatic heterocycles. The summed E-state index contributed by atoms with van der Waals surface area (Å²) in [4.78, 5) is 27.1. The first kappa shape index (κ1) is 18.0. The Hall–Kier alpha value is -2.04. The molecular weight excluding hydrogens is 278 g/mol. The Morgan fingerprint density at radius 3 is 2.23 bits per heavy atom. The van der Waals surface area contributed by atoms with Crippen LogP contribution >= 0.6 is 0 Å². The van der Waals surface area contributed by atoms with Crippen LogP contribution in [0.25, 0.3) is 0 Å². The molecule has 122 valence electrons. The van der Waals surface area contributed by atoms with Crippen LogP contribution < -0.4 is 5.32 Å². The van der Waals surface area contributed by atoms with E-state index in [4.69, 9.17) is 0 Å². The van der Waals surface area contributed by atoms with Crippen LogP contribution in [0.3, 0.4) is 0 Å². The minimum atomic E-state index is -0.113. The van der Waals surface area contributed by atoms with Gasteiger partial charge in [-0.05, 0) is 31.0 Å². The van der Waals surface area contributed by atoms with Crippen LogP contribution in [-0.4, -0.2) is 48.9 Å². The van der Waals surface area contributed by atoms with E-state index in [-0.39, 0.29) is 18.0 Å². The third kappa shape index (κ3) is 5.39. The molecule has 0 unspecified atom stereocenters. The maximum absolute atomic E-state index is 12.1. The third-order valence-corrected chi connectivity index (χ3v) is 3.75. The fraction of sp³-hybridized carbons (Fsp3) is 0.529. The van der Waals surface area contributed by atoms with E-state index in [0.29, 0.717) is 6.42 Å². The highest BCUT2D eigenvalue weighted by Gasteiger charge is 2.15. The van der Waals surface area contributed by atoms with Gasteiger partial charge in [0.2, 0.25) is 5.91 Å². The summed E-state index contributed by atoms with van der Waals surface area (Å²) in [6.45, 7) is 4.15. The lowest BCUT2D eigenvalue weighted by Crippen LogP contribution is -2.38. The molecule has 1 rings (SSSR count). The van der Waals surface area contributed by atoms with Gasteiger partial charge < -0.3 is 15.1 Å². The molecule has 5 heteroatoms. The molecule has 0 aromatic heterocycles. The number of urea groups is 1. The molecule has 5 nitrogen and oxygen atoms in total. The van der Waals surface area contributed by atoms with Gasteiger partial charge in [0.25, 0.3) is 0 Å². The Morgan fingerprint density at radius 1 is 1.14 bits per heavy atom. The van der Waals surface area contributed by atoms with Crippen molar-refractivity contribution in [3.05, 3.63) is 29.8 Å². The number of amides is 3. The molecule has 1 N–H and O–H groups in total. The summed E-state index contributed by atoms with van der Waals surface area (Å²) in [5.41, 5.74) is 1.67. The van der Waals surface area contributed by atoms with Gasteiger partial charge in [-0.15, -0.1) is 0 Å². The number of carbonyl (C=O) groups excluding carboxylic acids is 2. The quantitative estimate of drug-likeness (QED) is 0.878. The summed E-state index contributed by atoms with van der Waals surface area (Å²) in [6, 6.07) is 7.49. The number of hydrogen-bond donors (Lipinski definition) is 1. The Labute approximate surface area is 133 Å². The number of likely N-dealkylation sites (N-methyl/N-ethyl adjacent to an activating group) is 1. The van der Waals surface area contributed by atoms with Crippen molar-refractivity contribution in [3.63, 3.8) is 0 Å². The number of rotatable bonds is 6. The molecule has 0 fully saturated rings. The van der Waals surface area contributed by atoms with Gasteiger partial charge in [-0.3, -0.25) is 4.79 Å². The van der Waals surface area contributed by atoms with Gasteiger partial charge in [0, 0.05) is 32.9 Å². The van der Waals surface area contributed by atoms with Crippen molar-refractivity contribution in [1.29, 1.82) is 0 Å². The smallest absolute Gasteiger partial charge is 0.321 e. The van der Waals surface area contributed by atoms with Gasteiger partial charge in [-0.25, -0.2) is 4.79 Å². The highest BCUT2D eigenvalue weighted by molar-refractivity contribution is 5.89. The molecule has 0 saturated carbocycles. The second-order valence-corrected chi connectivity index (χ2v) is 5.84. The lowest BCUT2D eigenvalue weighted by molar-refractivity contribution is -0.127. The summed E-state index contributed by atoms with van der Waals surface area (Å²) < 4.78 is 0. The van der Waals surface area contributed by atoms with Crippen molar-refractivity contribution in [1.82, 2.24) is 9.80 Å². The molecule has 1 aromatic carbocycles. The van der Waals surface area contributed by atoms with E-state index >= 15 is 0 Å². The Balaban J connectivity index is 2.60. The van der Waals surface area contributed by atoms with E-state index in [1.807, 2.05) is 31.2 Å². The van der Waals surface area contributed by atoms with Gasteiger partial charge in [0.05, 0.1) is 6.42 Å². The number of hydrogen-bond acceptors (Lipinski definition) is 2. The minimum Gasteiger partial charge on any atom is -0.349 e. The fourth-order valence-electron chi connectivity index (χ4n) is 2.06. The SMILES string of the molecule is CCC[C@H](C)N(C)C(=O)Nc1ccc(CC(=O)N(C)C)cc1. The number of carbonyl (C=O) groups is 2. The van der Waals surface area contributed by atoms with Crippen LogP contribution in [0.1, 0.15) is 32.3 Å². The zero-order valence-electron chi connectivity index (χ0n) is 14.2. The van der Waals surface area contributed by atoms with Gasteiger partial charge in [0.1, 0.15) is 0 Å². The topological polar surface area (TPSA) is 52.7 Å². The molecular formula is C17H27N3O2. The highest BCUT2D eigenvalue weighted by atomic mass is 16.2.